The second-order valence-electron chi connectivity index (χ2n) is 8.96. The van der Waals surface area contributed by atoms with Crippen LogP contribution in [0, 0.1) is 22.2 Å². The highest BCUT2D eigenvalue weighted by Crippen LogP contribution is 2.70. The number of carbonyl (C=O) groups is 1. The summed E-state index contributed by atoms with van der Waals surface area (Å²) in [5.41, 5.74) is 1.18. The zero-order valence-corrected chi connectivity index (χ0v) is 13.2. The number of hydrogen-bond donors (Lipinski definition) is 2. The molecular weight excluding hydrogens is 250 g/mol. The highest BCUT2D eigenvalue weighted by molar-refractivity contribution is 5.76. The van der Waals surface area contributed by atoms with Gasteiger partial charge in [-0.2, -0.15) is 0 Å². The molecule has 0 aromatic carbocycles. The van der Waals surface area contributed by atoms with Gasteiger partial charge in [-0.3, -0.25) is 4.79 Å². The number of nitrogens with one attached hydrogen (secondary N) is 1. The van der Waals surface area contributed by atoms with E-state index >= 15 is 0 Å². The summed E-state index contributed by atoms with van der Waals surface area (Å²) in [4.78, 5) is 12.2. The summed E-state index contributed by atoms with van der Waals surface area (Å²) in [5.74, 6) is 0.978. The Balaban J connectivity index is 1.71. The molecule has 1 amide bonds. The summed E-state index contributed by atoms with van der Waals surface area (Å²) in [5, 5.41) is 12.2. The highest BCUT2D eigenvalue weighted by Gasteiger charge is 2.60. The normalized spacial score (nSPS) is 47.3. The Morgan fingerprint density at radius 3 is 2.30 bits per heavy atom. The Bertz CT molecular complexity index is 399. The van der Waals surface area contributed by atoms with Gasteiger partial charge >= 0.3 is 0 Å². The number of rotatable bonds is 4. The van der Waals surface area contributed by atoms with Crippen molar-refractivity contribution >= 4 is 5.91 Å². The van der Waals surface area contributed by atoms with Crippen molar-refractivity contribution in [2.75, 3.05) is 6.54 Å². The van der Waals surface area contributed by atoms with Gasteiger partial charge in [0.2, 0.25) is 5.91 Å². The van der Waals surface area contributed by atoms with Gasteiger partial charge in [0.05, 0.1) is 6.10 Å². The van der Waals surface area contributed by atoms with E-state index in [0.29, 0.717) is 23.8 Å². The summed E-state index contributed by atoms with van der Waals surface area (Å²) in [6.07, 6.45) is 8.03. The Kier molecular flexibility index (Phi) is 3.20. The van der Waals surface area contributed by atoms with E-state index in [4.69, 9.17) is 0 Å². The molecular formula is C17H29NO2. The Morgan fingerprint density at radius 1 is 1.20 bits per heavy atom. The minimum Gasteiger partial charge on any atom is -0.392 e. The molecule has 2 N–H and O–H groups in total. The summed E-state index contributed by atoms with van der Waals surface area (Å²) in [7, 11) is 0. The van der Waals surface area contributed by atoms with Crippen LogP contribution in [-0.4, -0.2) is 23.7 Å². The molecule has 3 unspecified atom stereocenters. The van der Waals surface area contributed by atoms with Gasteiger partial charge in [-0.05, 0) is 67.6 Å². The molecule has 0 heterocycles. The first-order valence-electron chi connectivity index (χ1n) is 8.17. The topological polar surface area (TPSA) is 49.3 Å². The molecule has 0 aromatic heterocycles. The molecule has 3 nitrogen and oxygen atoms in total. The molecule has 0 spiro atoms. The zero-order valence-electron chi connectivity index (χ0n) is 13.2. The van der Waals surface area contributed by atoms with Gasteiger partial charge in [0.25, 0.3) is 0 Å². The third kappa shape index (κ3) is 2.61. The smallest absolute Gasteiger partial charge is 0.220 e. The van der Waals surface area contributed by atoms with E-state index in [0.717, 1.165) is 5.92 Å². The standard InChI is InChI=1S/C17H29NO2/c1-12(19)8-18-14(20)7-17-6-13-4-15(2,10-17)9-16(3,5-13)11-17/h12-13,19H,4-11H2,1-3H3,(H,18,20). The van der Waals surface area contributed by atoms with Crippen molar-refractivity contribution in [1.29, 1.82) is 0 Å². The summed E-state index contributed by atoms with van der Waals surface area (Å²) >= 11 is 0. The molecule has 4 fully saturated rings. The van der Waals surface area contributed by atoms with Crippen molar-refractivity contribution in [1.82, 2.24) is 5.32 Å². The van der Waals surface area contributed by atoms with Crippen LogP contribution in [0.1, 0.15) is 65.7 Å². The fraction of sp³-hybridized carbons (Fsp3) is 0.941. The number of amides is 1. The van der Waals surface area contributed by atoms with Gasteiger partial charge in [0.1, 0.15) is 0 Å². The lowest BCUT2D eigenvalue weighted by atomic mass is 9.40. The van der Waals surface area contributed by atoms with Crippen LogP contribution in [0.15, 0.2) is 0 Å². The Labute approximate surface area is 122 Å². The van der Waals surface area contributed by atoms with Crippen LogP contribution >= 0.6 is 0 Å². The van der Waals surface area contributed by atoms with E-state index in [1.54, 1.807) is 6.92 Å². The van der Waals surface area contributed by atoms with Gasteiger partial charge in [0, 0.05) is 13.0 Å². The van der Waals surface area contributed by atoms with Crippen molar-refractivity contribution in [2.24, 2.45) is 22.2 Å². The number of aliphatic hydroxyl groups excluding tert-OH is 1. The maximum Gasteiger partial charge on any atom is 0.220 e. The largest absolute Gasteiger partial charge is 0.392 e. The first-order valence-corrected chi connectivity index (χ1v) is 8.17. The van der Waals surface area contributed by atoms with Gasteiger partial charge < -0.3 is 10.4 Å². The minimum absolute atomic E-state index is 0.139. The van der Waals surface area contributed by atoms with Crippen LogP contribution in [0.3, 0.4) is 0 Å². The van der Waals surface area contributed by atoms with Crippen LogP contribution < -0.4 is 5.32 Å². The van der Waals surface area contributed by atoms with E-state index in [2.05, 4.69) is 19.2 Å². The molecule has 0 aromatic rings. The second-order valence-corrected chi connectivity index (χ2v) is 8.96. The number of hydrogen-bond acceptors (Lipinski definition) is 2. The van der Waals surface area contributed by atoms with Gasteiger partial charge in [-0.15, -0.1) is 0 Å². The first-order chi connectivity index (χ1) is 9.22. The van der Waals surface area contributed by atoms with Gasteiger partial charge in [-0.1, -0.05) is 13.8 Å². The SMILES string of the molecule is CC(O)CNC(=O)CC12CC3CC(C)(CC(C)(C3)C1)C2. The molecule has 0 radical (unpaired) electrons. The summed E-state index contributed by atoms with van der Waals surface area (Å²) in [6, 6.07) is 0. The molecule has 3 heteroatoms. The van der Waals surface area contributed by atoms with Crippen molar-refractivity contribution in [2.45, 2.75) is 71.8 Å². The zero-order chi connectivity index (χ0) is 14.6. The van der Waals surface area contributed by atoms with Crippen molar-refractivity contribution in [3.63, 3.8) is 0 Å². The van der Waals surface area contributed by atoms with Crippen LogP contribution in [0.2, 0.25) is 0 Å². The molecule has 0 saturated heterocycles. The van der Waals surface area contributed by atoms with Gasteiger partial charge in [-0.25, -0.2) is 0 Å². The average molecular weight is 279 g/mol. The Morgan fingerprint density at radius 2 is 1.80 bits per heavy atom. The molecule has 3 atom stereocenters. The van der Waals surface area contributed by atoms with Gasteiger partial charge in [0.15, 0.2) is 0 Å². The molecule has 4 rings (SSSR count). The molecule has 4 aliphatic carbocycles. The first kappa shape index (κ1) is 14.4. The molecule has 4 bridgehead atoms. The number of aliphatic hydroxyl groups is 1. The van der Waals surface area contributed by atoms with Crippen LogP contribution in [0.4, 0.5) is 0 Å². The van der Waals surface area contributed by atoms with Crippen LogP contribution in [0.5, 0.6) is 0 Å². The lowest BCUT2D eigenvalue weighted by molar-refractivity contribution is -0.156. The minimum atomic E-state index is -0.453. The highest BCUT2D eigenvalue weighted by atomic mass is 16.3. The monoisotopic (exact) mass is 279 g/mol. The Hall–Kier alpha value is -0.570. The third-order valence-electron chi connectivity index (χ3n) is 5.87. The third-order valence-corrected chi connectivity index (χ3v) is 5.87. The van der Waals surface area contributed by atoms with E-state index < -0.39 is 6.10 Å². The fourth-order valence-electron chi connectivity index (χ4n) is 6.55. The van der Waals surface area contributed by atoms with Crippen molar-refractivity contribution in [3.05, 3.63) is 0 Å². The number of carbonyl (C=O) groups excluding carboxylic acids is 1. The maximum absolute atomic E-state index is 12.2. The average Bonchev–Trinajstić information content (AvgIpc) is 2.20. The van der Waals surface area contributed by atoms with E-state index in [1.165, 1.54) is 38.5 Å². The second kappa shape index (κ2) is 4.46. The molecule has 114 valence electrons. The molecule has 4 saturated carbocycles. The molecule has 4 aliphatic rings. The van der Waals surface area contributed by atoms with Crippen molar-refractivity contribution in [3.8, 4) is 0 Å². The van der Waals surface area contributed by atoms with E-state index in [9.17, 15) is 9.90 Å². The van der Waals surface area contributed by atoms with Crippen LogP contribution in [0.25, 0.3) is 0 Å². The molecule has 20 heavy (non-hydrogen) atoms. The maximum atomic E-state index is 12.2. The summed E-state index contributed by atoms with van der Waals surface area (Å²) < 4.78 is 0. The van der Waals surface area contributed by atoms with E-state index in [-0.39, 0.29) is 11.3 Å². The van der Waals surface area contributed by atoms with Crippen LogP contribution in [-0.2, 0) is 4.79 Å². The predicted molar refractivity (Wildman–Crippen MR) is 79.1 cm³/mol. The lowest BCUT2D eigenvalue weighted by Gasteiger charge is -2.65. The van der Waals surface area contributed by atoms with E-state index in [1.807, 2.05) is 0 Å². The molecule has 0 aliphatic heterocycles. The summed E-state index contributed by atoms with van der Waals surface area (Å²) in [6.45, 7) is 6.98. The predicted octanol–water partition coefficient (Wildman–Crippen LogP) is 2.87. The fourth-order valence-corrected chi connectivity index (χ4v) is 6.55. The quantitative estimate of drug-likeness (QED) is 0.831. The lowest BCUT2D eigenvalue weighted by Crippen LogP contribution is -2.56. The van der Waals surface area contributed by atoms with Crippen molar-refractivity contribution < 1.29 is 9.90 Å².